The van der Waals surface area contributed by atoms with E-state index < -0.39 is 0 Å². The lowest BCUT2D eigenvalue weighted by atomic mass is 9.74. The van der Waals surface area contributed by atoms with Gasteiger partial charge in [-0.15, -0.1) is 0 Å². The highest BCUT2D eigenvalue weighted by molar-refractivity contribution is 6.10. The van der Waals surface area contributed by atoms with Crippen LogP contribution in [0.5, 0.6) is 0 Å². The molecule has 6 aromatic rings. The predicted molar refractivity (Wildman–Crippen MR) is 153 cm³/mol. The number of hydrogen-bond donors (Lipinski definition) is 1. The van der Waals surface area contributed by atoms with E-state index in [0.717, 1.165) is 57.4 Å². The first kappa shape index (κ1) is 21.9. The number of rotatable bonds is 5. The quantitative estimate of drug-likeness (QED) is 0.267. The summed E-state index contributed by atoms with van der Waals surface area (Å²) in [6.45, 7) is 4.62. The van der Waals surface area contributed by atoms with E-state index in [-0.39, 0.29) is 5.41 Å². The van der Waals surface area contributed by atoms with E-state index in [2.05, 4.69) is 96.9 Å². The van der Waals surface area contributed by atoms with Gasteiger partial charge < -0.3 is 9.73 Å². The molecule has 0 amide bonds. The van der Waals surface area contributed by atoms with E-state index >= 15 is 0 Å². The van der Waals surface area contributed by atoms with Crippen LogP contribution in [0, 0.1) is 0 Å². The molecule has 0 saturated heterocycles. The van der Waals surface area contributed by atoms with E-state index in [1.807, 2.05) is 30.5 Å². The molecule has 7 rings (SSSR count). The van der Waals surface area contributed by atoms with E-state index in [9.17, 15) is 0 Å². The number of para-hydroxylation sites is 1. The van der Waals surface area contributed by atoms with Gasteiger partial charge in [0, 0.05) is 33.6 Å². The van der Waals surface area contributed by atoms with Gasteiger partial charge in [-0.2, -0.15) is 0 Å². The molecule has 0 fully saturated rings. The fraction of sp³-hybridized carbons (Fsp3) is 0.147. The lowest BCUT2D eigenvalue weighted by Gasteiger charge is -2.30. The molecule has 3 nitrogen and oxygen atoms in total. The highest BCUT2D eigenvalue weighted by Crippen LogP contribution is 2.53. The van der Waals surface area contributed by atoms with Crippen molar-refractivity contribution in [2.75, 3.05) is 5.32 Å². The third-order valence-corrected chi connectivity index (χ3v) is 8.21. The Morgan fingerprint density at radius 2 is 1.57 bits per heavy atom. The summed E-state index contributed by atoms with van der Waals surface area (Å²) >= 11 is 0. The molecule has 0 spiro atoms. The molecule has 0 saturated carbocycles. The minimum absolute atomic E-state index is 0.0524. The van der Waals surface area contributed by atoms with Gasteiger partial charge in [0.05, 0.1) is 11.4 Å². The van der Waals surface area contributed by atoms with Crippen LogP contribution in [0.1, 0.15) is 37.8 Å². The third kappa shape index (κ3) is 3.24. The van der Waals surface area contributed by atoms with Gasteiger partial charge >= 0.3 is 0 Å². The number of pyridine rings is 1. The second kappa shape index (κ2) is 8.35. The molecule has 1 N–H and O–H groups in total. The van der Waals surface area contributed by atoms with E-state index in [1.165, 1.54) is 22.3 Å². The SMILES string of the molecule is CCC1(CC)c2ccccc2-c2ccc(Nc3cccc4c3oc3ccc(-c5ccccn5)cc34)cc21. The van der Waals surface area contributed by atoms with Crippen molar-refractivity contribution in [1.29, 1.82) is 0 Å². The maximum absolute atomic E-state index is 6.39. The Balaban J connectivity index is 1.32. The maximum atomic E-state index is 6.39. The highest BCUT2D eigenvalue weighted by Gasteiger charge is 2.40. The number of hydrogen-bond acceptors (Lipinski definition) is 3. The molecule has 2 aromatic heterocycles. The Morgan fingerprint density at radius 3 is 2.41 bits per heavy atom. The van der Waals surface area contributed by atoms with Gasteiger partial charge in [-0.1, -0.05) is 62.4 Å². The van der Waals surface area contributed by atoms with Gasteiger partial charge in [0.2, 0.25) is 0 Å². The molecule has 37 heavy (non-hydrogen) atoms. The topological polar surface area (TPSA) is 38.1 Å². The van der Waals surface area contributed by atoms with Crippen molar-refractivity contribution in [1.82, 2.24) is 4.98 Å². The standard InChI is InChI=1S/C34H28N2O/c1-3-34(4-2)28-12-6-5-10-24(28)25-17-16-23(21-29(25)34)36-31-14-9-11-26-27-20-22(30-13-7-8-19-35-30)15-18-32(27)37-33(26)31/h5-21,36H,3-4H2,1-2H3. The molecule has 4 aromatic carbocycles. The molecule has 0 bridgehead atoms. The normalized spacial score (nSPS) is 13.6. The number of fused-ring (bicyclic) bond motifs is 6. The fourth-order valence-corrected chi connectivity index (χ4v) is 6.29. The van der Waals surface area contributed by atoms with Crippen LogP contribution in [-0.4, -0.2) is 4.98 Å². The molecule has 0 radical (unpaired) electrons. The lowest BCUT2D eigenvalue weighted by molar-refractivity contribution is 0.490. The van der Waals surface area contributed by atoms with Gasteiger partial charge in [0.25, 0.3) is 0 Å². The number of nitrogens with one attached hydrogen (secondary N) is 1. The minimum Gasteiger partial charge on any atom is -0.454 e. The summed E-state index contributed by atoms with van der Waals surface area (Å²) < 4.78 is 6.39. The molecule has 0 atom stereocenters. The number of nitrogens with zero attached hydrogens (tertiary/aromatic N) is 1. The predicted octanol–water partition coefficient (Wildman–Crippen LogP) is 9.48. The van der Waals surface area contributed by atoms with E-state index in [0.29, 0.717) is 0 Å². The van der Waals surface area contributed by atoms with Crippen LogP contribution in [0.2, 0.25) is 0 Å². The molecule has 1 aliphatic rings. The third-order valence-electron chi connectivity index (χ3n) is 8.21. The summed E-state index contributed by atoms with van der Waals surface area (Å²) in [7, 11) is 0. The summed E-state index contributed by atoms with van der Waals surface area (Å²) in [6.07, 6.45) is 3.99. The van der Waals surface area contributed by atoms with Crippen LogP contribution >= 0.6 is 0 Å². The molecule has 3 heteroatoms. The summed E-state index contributed by atoms with van der Waals surface area (Å²) in [4.78, 5) is 4.52. The van der Waals surface area contributed by atoms with Crippen molar-refractivity contribution in [3.63, 3.8) is 0 Å². The number of aromatic nitrogens is 1. The van der Waals surface area contributed by atoms with Crippen molar-refractivity contribution in [3.05, 3.63) is 114 Å². The average molecular weight is 481 g/mol. The van der Waals surface area contributed by atoms with Gasteiger partial charge in [-0.25, -0.2) is 0 Å². The molecule has 1 aliphatic carbocycles. The Kier molecular flexibility index (Phi) is 4.93. The highest BCUT2D eigenvalue weighted by atomic mass is 16.3. The zero-order valence-corrected chi connectivity index (χ0v) is 21.1. The van der Waals surface area contributed by atoms with Crippen molar-refractivity contribution in [2.45, 2.75) is 32.1 Å². The summed E-state index contributed by atoms with van der Waals surface area (Å²) in [5.41, 5.74) is 11.5. The Morgan fingerprint density at radius 1 is 0.730 bits per heavy atom. The smallest absolute Gasteiger partial charge is 0.158 e. The van der Waals surface area contributed by atoms with Crippen LogP contribution in [0.4, 0.5) is 11.4 Å². The first-order valence-electron chi connectivity index (χ1n) is 13.1. The molecule has 0 aliphatic heterocycles. The molecule has 180 valence electrons. The maximum Gasteiger partial charge on any atom is 0.158 e. The fourth-order valence-electron chi connectivity index (χ4n) is 6.29. The number of furan rings is 1. The molecule has 0 unspecified atom stereocenters. The summed E-state index contributed by atoms with van der Waals surface area (Å²) in [6, 6.07) is 34.3. The Labute approximate surface area is 216 Å². The number of benzene rings is 4. The first-order valence-corrected chi connectivity index (χ1v) is 13.1. The van der Waals surface area contributed by atoms with E-state index in [1.54, 1.807) is 0 Å². The van der Waals surface area contributed by atoms with Crippen LogP contribution in [0.3, 0.4) is 0 Å². The molecule has 2 heterocycles. The van der Waals surface area contributed by atoms with Crippen LogP contribution < -0.4 is 5.32 Å². The Bertz CT molecular complexity index is 1780. The summed E-state index contributed by atoms with van der Waals surface area (Å²) in [5, 5.41) is 5.89. The molecular formula is C34H28N2O. The zero-order chi connectivity index (χ0) is 25.0. The van der Waals surface area contributed by atoms with Crippen molar-refractivity contribution < 1.29 is 4.42 Å². The minimum atomic E-state index is 0.0524. The number of anilines is 2. The van der Waals surface area contributed by atoms with Gasteiger partial charge in [-0.05, 0) is 83.6 Å². The average Bonchev–Trinajstić information content (AvgIpc) is 3.47. The second-order valence-corrected chi connectivity index (χ2v) is 9.93. The van der Waals surface area contributed by atoms with Crippen molar-refractivity contribution in [2.24, 2.45) is 0 Å². The van der Waals surface area contributed by atoms with Gasteiger partial charge in [0.15, 0.2) is 5.58 Å². The second-order valence-electron chi connectivity index (χ2n) is 9.93. The van der Waals surface area contributed by atoms with Crippen LogP contribution in [0.25, 0.3) is 44.3 Å². The van der Waals surface area contributed by atoms with Crippen molar-refractivity contribution in [3.8, 4) is 22.4 Å². The zero-order valence-electron chi connectivity index (χ0n) is 21.1. The van der Waals surface area contributed by atoms with Crippen LogP contribution in [0.15, 0.2) is 108 Å². The first-order chi connectivity index (χ1) is 18.2. The van der Waals surface area contributed by atoms with Crippen molar-refractivity contribution >= 4 is 33.3 Å². The summed E-state index contributed by atoms with van der Waals surface area (Å²) in [5.74, 6) is 0. The monoisotopic (exact) mass is 480 g/mol. The molecular weight excluding hydrogens is 452 g/mol. The van der Waals surface area contributed by atoms with Crippen LogP contribution in [-0.2, 0) is 5.41 Å². The largest absolute Gasteiger partial charge is 0.454 e. The van der Waals surface area contributed by atoms with Gasteiger partial charge in [-0.3, -0.25) is 4.98 Å². The lowest BCUT2D eigenvalue weighted by Crippen LogP contribution is -2.23. The van der Waals surface area contributed by atoms with Gasteiger partial charge in [0.1, 0.15) is 5.58 Å². The Hall–Kier alpha value is -4.37. The van der Waals surface area contributed by atoms with E-state index in [4.69, 9.17) is 4.42 Å².